The summed E-state index contributed by atoms with van der Waals surface area (Å²) >= 11 is 0.545. The molecule has 0 saturated carbocycles. The number of alkyl halides is 3. The number of halogens is 3. The van der Waals surface area contributed by atoms with Gasteiger partial charge in [0, 0.05) is 24.8 Å². The van der Waals surface area contributed by atoms with Crippen molar-refractivity contribution in [1.82, 2.24) is 19.5 Å². The van der Waals surface area contributed by atoms with Gasteiger partial charge in [-0.15, -0.1) is 0 Å². The maximum Gasteiger partial charge on any atom is 0.422 e. The van der Waals surface area contributed by atoms with Gasteiger partial charge in [0.15, 0.2) is 10.8 Å². The Bertz CT molecular complexity index is 820. The van der Waals surface area contributed by atoms with Crippen LogP contribution in [0, 0.1) is 6.92 Å². The molecule has 23 heavy (non-hydrogen) atoms. The Morgan fingerprint density at radius 1 is 1.43 bits per heavy atom. The Balaban J connectivity index is 1.89. The summed E-state index contributed by atoms with van der Waals surface area (Å²) in [6, 6.07) is 0. The van der Waals surface area contributed by atoms with Gasteiger partial charge in [-0.25, -0.2) is 4.98 Å². The molecule has 2 aromatic heterocycles. The van der Waals surface area contributed by atoms with E-state index in [-0.39, 0.29) is 15.1 Å². The SMILES string of the molecule is Cc1nc(OCC(F)(F)F)sc1S(=O)(=O)n1cc2c(n1)CNC2. The number of aryl methyl sites for hydroxylation is 1. The first-order valence-corrected chi connectivity index (χ1v) is 8.63. The second kappa shape index (κ2) is 5.46. The van der Waals surface area contributed by atoms with Crippen LogP contribution in [-0.2, 0) is 23.1 Å². The number of hydrogen-bond donors (Lipinski definition) is 1. The minimum atomic E-state index is -4.52. The highest BCUT2D eigenvalue weighted by molar-refractivity contribution is 7.92. The van der Waals surface area contributed by atoms with Crippen molar-refractivity contribution in [3.05, 3.63) is 23.1 Å². The van der Waals surface area contributed by atoms with Gasteiger partial charge in [-0.1, -0.05) is 11.3 Å². The maximum atomic E-state index is 12.5. The Kier molecular flexibility index (Phi) is 3.84. The third-order valence-electron chi connectivity index (χ3n) is 3.04. The van der Waals surface area contributed by atoms with Gasteiger partial charge in [-0.05, 0) is 6.92 Å². The lowest BCUT2D eigenvalue weighted by Gasteiger charge is -2.05. The summed E-state index contributed by atoms with van der Waals surface area (Å²) in [7, 11) is -4.01. The van der Waals surface area contributed by atoms with Gasteiger partial charge in [0.25, 0.3) is 15.2 Å². The van der Waals surface area contributed by atoms with Gasteiger partial charge in [-0.3, -0.25) is 0 Å². The molecule has 0 amide bonds. The van der Waals surface area contributed by atoms with E-state index < -0.39 is 22.8 Å². The van der Waals surface area contributed by atoms with Crippen molar-refractivity contribution in [3.8, 4) is 5.19 Å². The van der Waals surface area contributed by atoms with E-state index in [9.17, 15) is 21.6 Å². The largest absolute Gasteiger partial charge is 0.460 e. The lowest BCUT2D eigenvalue weighted by Crippen LogP contribution is -2.19. The molecule has 0 spiro atoms. The van der Waals surface area contributed by atoms with Crippen LogP contribution in [0.2, 0.25) is 0 Å². The van der Waals surface area contributed by atoms with Crippen LogP contribution < -0.4 is 10.1 Å². The van der Waals surface area contributed by atoms with Crippen LogP contribution in [0.25, 0.3) is 0 Å². The van der Waals surface area contributed by atoms with E-state index in [1.165, 1.54) is 13.1 Å². The lowest BCUT2D eigenvalue weighted by molar-refractivity contribution is -0.153. The highest BCUT2D eigenvalue weighted by atomic mass is 32.2. The molecule has 126 valence electrons. The Labute approximate surface area is 133 Å². The molecule has 2 aromatic rings. The molecule has 0 fully saturated rings. The number of nitrogens with zero attached hydrogens (tertiary/aromatic N) is 3. The Morgan fingerprint density at radius 2 is 2.17 bits per heavy atom. The highest BCUT2D eigenvalue weighted by Gasteiger charge is 2.31. The first-order valence-electron chi connectivity index (χ1n) is 6.37. The second-order valence-corrected chi connectivity index (χ2v) is 7.79. The molecule has 12 heteroatoms. The number of thiazole rings is 1. The average molecular weight is 368 g/mol. The van der Waals surface area contributed by atoms with E-state index in [1.807, 2.05) is 0 Å². The number of ether oxygens (including phenoxy) is 1. The number of aromatic nitrogens is 3. The number of rotatable bonds is 4. The molecular weight excluding hydrogens is 357 g/mol. The maximum absolute atomic E-state index is 12.5. The fraction of sp³-hybridized carbons (Fsp3) is 0.455. The van der Waals surface area contributed by atoms with Crippen LogP contribution in [0.5, 0.6) is 5.19 Å². The normalized spacial score (nSPS) is 15.0. The molecule has 0 aromatic carbocycles. The molecule has 7 nitrogen and oxygen atoms in total. The first kappa shape index (κ1) is 16.2. The Morgan fingerprint density at radius 3 is 2.83 bits per heavy atom. The topological polar surface area (TPSA) is 86.1 Å². The van der Waals surface area contributed by atoms with Gasteiger partial charge in [0.05, 0.1) is 11.4 Å². The van der Waals surface area contributed by atoms with Crippen LogP contribution in [0.3, 0.4) is 0 Å². The van der Waals surface area contributed by atoms with Crippen LogP contribution in [0.4, 0.5) is 13.2 Å². The fourth-order valence-electron chi connectivity index (χ4n) is 2.04. The van der Waals surface area contributed by atoms with Gasteiger partial charge in [-0.2, -0.15) is 30.8 Å². The van der Waals surface area contributed by atoms with Crippen molar-refractivity contribution in [2.45, 2.75) is 30.4 Å². The molecule has 1 aliphatic heterocycles. The smallest absolute Gasteiger partial charge is 0.422 e. The van der Waals surface area contributed by atoms with Crippen molar-refractivity contribution in [2.24, 2.45) is 0 Å². The molecule has 1 aliphatic rings. The molecule has 1 N–H and O–H groups in total. The standard InChI is InChI=1S/C11H11F3N4O3S2/c1-6-9(22-10(16-6)21-5-11(12,13)14)23(19,20)18-4-7-2-15-3-8(7)17-18/h4,15H,2-3,5H2,1H3. The summed E-state index contributed by atoms with van der Waals surface area (Å²) < 4.78 is 66.7. The van der Waals surface area contributed by atoms with Crippen molar-refractivity contribution in [3.63, 3.8) is 0 Å². The number of nitrogens with one attached hydrogen (secondary N) is 1. The summed E-state index contributed by atoms with van der Waals surface area (Å²) in [6.45, 7) is 0.857. The number of hydrogen-bond acceptors (Lipinski definition) is 7. The van der Waals surface area contributed by atoms with Crippen LogP contribution >= 0.6 is 11.3 Å². The second-order valence-electron chi connectivity index (χ2n) is 4.84. The summed E-state index contributed by atoms with van der Waals surface area (Å²) in [5.74, 6) is 0. The molecule has 0 atom stereocenters. The molecule has 0 aliphatic carbocycles. The Hall–Kier alpha value is -1.66. The third kappa shape index (κ3) is 3.19. The lowest BCUT2D eigenvalue weighted by atomic mass is 10.3. The summed E-state index contributed by atoms with van der Waals surface area (Å²) in [5, 5.41) is 6.68. The van der Waals surface area contributed by atoms with E-state index in [4.69, 9.17) is 0 Å². The van der Waals surface area contributed by atoms with E-state index in [2.05, 4.69) is 20.1 Å². The van der Waals surface area contributed by atoms with Crippen molar-refractivity contribution in [1.29, 1.82) is 0 Å². The van der Waals surface area contributed by atoms with Gasteiger partial charge in [0.1, 0.15) is 0 Å². The van der Waals surface area contributed by atoms with E-state index in [0.29, 0.717) is 30.1 Å². The third-order valence-corrected chi connectivity index (χ3v) is 6.23. The molecular formula is C11H11F3N4O3S2. The van der Waals surface area contributed by atoms with Crippen molar-refractivity contribution in [2.75, 3.05) is 6.61 Å². The zero-order chi connectivity index (χ0) is 16.8. The van der Waals surface area contributed by atoms with E-state index >= 15 is 0 Å². The minimum Gasteiger partial charge on any atom is -0.460 e. The molecule has 3 rings (SSSR count). The predicted octanol–water partition coefficient (Wildman–Crippen LogP) is 1.43. The van der Waals surface area contributed by atoms with E-state index in [1.54, 1.807) is 0 Å². The quantitative estimate of drug-likeness (QED) is 0.879. The number of fused-ring (bicyclic) bond motifs is 1. The fourth-order valence-corrected chi connectivity index (χ4v) is 4.62. The molecule has 3 heterocycles. The van der Waals surface area contributed by atoms with Gasteiger partial charge in [0.2, 0.25) is 0 Å². The van der Waals surface area contributed by atoms with Crippen molar-refractivity contribution < 1.29 is 26.3 Å². The molecule has 0 bridgehead atoms. The van der Waals surface area contributed by atoms with E-state index in [0.717, 1.165) is 9.65 Å². The molecule has 0 radical (unpaired) electrons. The highest BCUT2D eigenvalue weighted by Crippen LogP contribution is 2.31. The summed E-state index contributed by atoms with van der Waals surface area (Å²) in [4.78, 5) is 3.73. The van der Waals surface area contributed by atoms with Crippen molar-refractivity contribution >= 4 is 21.4 Å². The monoisotopic (exact) mass is 368 g/mol. The van der Waals surface area contributed by atoms with Crippen LogP contribution in [-0.4, -0.2) is 35.4 Å². The van der Waals surface area contributed by atoms with Crippen LogP contribution in [0.15, 0.2) is 10.4 Å². The van der Waals surface area contributed by atoms with Crippen LogP contribution in [0.1, 0.15) is 17.0 Å². The minimum absolute atomic E-state index is 0.0703. The summed E-state index contributed by atoms with van der Waals surface area (Å²) in [6.07, 6.45) is -3.13. The first-order chi connectivity index (χ1) is 10.7. The zero-order valence-corrected chi connectivity index (χ0v) is 13.3. The molecule has 0 unspecified atom stereocenters. The zero-order valence-electron chi connectivity index (χ0n) is 11.7. The predicted molar refractivity (Wildman–Crippen MR) is 73.8 cm³/mol. The van der Waals surface area contributed by atoms with Gasteiger partial charge < -0.3 is 10.1 Å². The average Bonchev–Trinajstić information content (AvgIpc) is 3.08. The molecule has 0 saturated heterocycles. The van der Waals surface area contributed by atoms with Gasteiger partial charge >= 0.3 is 6.18 Å². The summed E-state index contributed by atoms with van der Waals surface area (Å²) in [5.41, 5.74) is 1.47.